The van der Waals surface area contributed by atoms with Crippen LogP contribution >= 0.6 is 0 Å². The van der Waals surface area contributed by atoms with E-state index in [1.807, 2.05) is 12.1 Å². The Hall–Kier alpha value is -1.58. The van der Waals surface area contributed by atoms with Gasteiger partial charge in [-0.1, -0.05) is 31.2 Å². The van der Waals surface area contributed by atoms with Crippen LogP contribution in [-0.2, 0) is 17.6 Å². The van der Waals surface area contributed by atoms with Crippen molar-refractivity contribution < 1.29 is 9.15 Å². The molecule has 3 heteroatoms. The number of furan rings is 1. The van der Waals surface area contributed by atoms with Crippen molar-refractivity contribution in [3.05, 3.63) is 59.5 Å². The lowest BCUT2D eigenvalue weighted by Gasteiger charge is -2.32. The Morgan fingerprint density at radius 1 is 1.25 bits per heavy atom. The van der Waals surface area contributed by atoms with Crippen LogP contribution in [0.4, 0.5) is 0 Å². The third-order valence-electron chi connectivity index (χ3n) is 3.86. The molecule has 0 fully saturated rings. The van der Waals surface area contributed by atoms with E-state index < -0.39 is 0 Å². The smallest absolute Gasteiger partial charge is 0.105 e. The first kappa shape index (κ1) is 13.4. The van der Waals surface area contributed by atoms with Gasteiger partial charge >= 0.3 is 0 Å². The third kappa shape index (κ3) is 2.79. The molecular formula is C17H21NO2. The Bertz CT molecular complexity index is 536. The molecule has 2 atom stereocenters. The summed E-state index contributed by atoms with van der Waals surface area (Å²) in [6.45, 7) is 3.85. The molecule has 0 radical (unpaired) electrons. The van der Waals surface area contributed by atoms with E-state index in [1.165, 1.54) is 11.1 Å². The second-order valence-electron chi connectivity index (χ2n) is 5.19. The number of fused-ring (bicyclic) bond motifs is 1. The topological polar surface area (TPSA) is 34.4 Å². The van der Waals surface area contributed by atoms with Crippen LogP contribution in [0.1, 0.15) is 29.9 Å². The minimum Gasteiger partial charge on any atom is -0.469 e. The van der Waals surface area contributed by atoms with Crippen molar-refractivity contribution >= 4 is 0 Å². The average Bonchev–Trinajstić information content (AvgIpc) is 2.99. The predicted octanol–water partition coefficient (Wildman–Crippen LogP) is 3.11. The van der Waals surface area contributed by atoms with Gasteiger partial charge in [-0.3, -0.25) is 0 Å². The highest BCUT2D eigenvalue weighted by Gasteiger charge is 2.28. The lowest BCUT2D eigenvalue weighted by molar-refractivity contribution is 0.0146. The zero-order chi connectivity index (χ0) is 13.8. The van der Waals surface area contributed by atoms with Gasteiger partial charge in [0.05, 0.1) is 19.0 Å². The van der Waals surface area contributed by atoms with E-state index in [-0.39, 0.29) is 12.1 Å². The monoisotopic (exact) mass is 271 g/mol. The van der Waals surface area contributed by atoms with Gasteiger partial charge in [0, 0.05) is 12.5 Å². The number of rotatable bonds is 5. The maximum Gasteiger partial charge on any atom is 0.105 e. The minimum atomic E-state index is 0.102. The number of ether oxygens (including phenoxy) is 1. The Morgan fingerprint density at radius 2 is 2.15 bits per heavy atom. The lowest BCUT2D eigenvalue weighted by atomic mass is 9.91. The Labute approximate surface area is 119 Å². The predicted molar refractivity (Wildman–Crippen MR) is 78.7 cm³/mol. The first-order chi connectivity index (χ1) is 9.88. The van der Waals surface area contributed by atoms with Gasteiger partial charge < -0.3 is 14.5 Å². The average molecular weight is 271 g/mol. The fraction of sp³-hybridized carbons (Fsp3) is 0.412. The molecule has 3 rings (SSSR count). The summed E-state index contributed by atoms with van der Waals surface area (Å²) in [6.07, 6.45) is 3.69. The van der Waals surface area contributed by atoms with E-state index in [0.717, 1.165) is 31.8 Å². The molecule has 1 aromatic carbocycles. The highest BCUT2D eigenvalue weighted by molar-refractivity contribution is 5.32. The highest BCUT2D eigenvalue weighted by Crippen LogP contribution is 2.31. The molecule has 2 unspecified atom stereocenters. The molecule has 0 amide bonds. The summed E-state index contributed by atoms with van der Waals surface area (Å²) in [5.74, 6) is 1.00. The summed E-state index contributed by atoms with van der Waals surface area (Å²) in [5, 5.41) is 3.55. The summed E-state index contributed by atoms with van der Waals surface area (Å²) < 4.78 is 11.6. The first-order valence-corrected chi connectivity index (χ1v) is 7.33. The van der Waals surface area contributed by atoms with Crippen LogP contribution in [-0.4, -0.2) is 19.2 Å². The molecule has 0 aliphatic carbocycles. The number of benzene rings is 1. The van der Waals surface area contributed by atoms with Crippen LogP contribution < -0.4 is 5.32 Å². The van der Waals surface area contributed by atoms with E-state index in [4.69, 9.17) is 9.15 Å². The van der Waals surface area contributed by atoms with Crippen molar-refractivity contribution in [2.75, 3.05) is 13.2 Å². The van der Waals surface area contributed by atoms with Gasteiger partial charge in [-0.05, 0) is 36.2 Å². The zero-order valence-corrected chi connectivity index (χ0v) is 11.8. The summed E-state index contributed by atoms with van der Waals surface area (Å²) in [6, 6.07) is 12.8. The Morgan fingerprint density at radius 3 is 2.95 bits per heavy atom. The number of nitrogens with one attached hydrogen (secondary N) is 1. The van der Waals surface area contributed by atoms with Gasteiger partial charge in [-0.15, -0.1) is 0 Å². The molecule has 20 heavy (non-hydrogen) atoms. The van der Waals surface area contributed by atoms with E-state index in [2.05, 4.69) is 36.5 Å². The molecule has 1 aromatic heterocycles. The lowest BCUT2D eigenvalue weighted by Crippen LogP contribution is -2.39. The zero-order valence-electron chi connectivity index (χ0n) is 11.8. The maximum absolute atomic E-state index is 6.06. The van der Waals surface area contributed by atoms with Crippen molar-refractivity contribution in [1.29, 1.82) is 0 Å². The van der Waals surface area contributed by atoms with Crippen LogP contribution in [0, 0.1) is 0 Å². The first-order valence-electron chi connectivity index (χ1n) is 7.33. The van der Waals surface area contributed by atoms with E-state index in [0.29, 0.717) is 0 Å². The second kappa shape index (κ2) is 6.25. The van der Waals surface area contributed by atoms with Gasteiger partial charge in [0.1, 0.15) is 5.76 Å². The largest absolute Gasteiger partial charge is 0.469 e. The molecular weight excluding hydrogens is 250 g/mol. The molecule has 1 aliphatic rings. The van der Waals surface area contributed by atoms with Gasteiger partial charge in [-0.25, -0.2) is 0 Å². The third-order valence-corrected chi connectivity index (χ3v) is 3.86. The molecule has 3 nitrogen and oxygen atoms in total. The van der Waals surface area contributed by atoms with Crippen LogP contribution in [0.15, 0.2) is 47.1 Å². The maximum atomic E-state index is 6.06. The summed E-state index contributed by atoms with van der Waals surface area (Å²) in [5.41, 5.74) is 2.72. The molecule has 2 heterocycles. The van der Waals surface area contributed by atoms with Crippen molar-refractivity contribution in [3.63, 3.8) is 0 Å². The highest BCUT2D eigenvalue weighted by atomic mass is 16.5. The van der Waals surface area contributed by atoms with Gasteiger partial charge in [0.25, 0.3) is 0 Å². The summed E-state index contributed by atoms with van der Waals surface area (Å²) in [7, 11) is 0. The standard InChI is InChI=1S/C17H21NO2/c1-2-18-16(12-14-7-5-10-19-14)17-15-8-4-3-6-13(15)9-11-20-17/h3-8,10,16-18H,2,9,11-12H2,1H3. The fourth-order valence-electron chi connectivity index (χ4n) is 2.95. The number of hydrogen-bond acceptors (Lipinski definition) is 3. The van der Waals surface area contributed by atoms with Gasteiger partial charge in [-0.2, -0.15) is 0 Å². The summed E-state index contributed by atoms with van der Waals surface area (Å²) in [4.78, 5) is 0. The van der Waals surface area contributed by atoms with Crippen LogP contribution in [0.2, 0.25) is 0 Å². The van der Waals surface area contributed by atoms with Gasteiger partial charge in [0.2, 0.25) is 0 Å². The molecule has 0 bridgehead atoms. The van der Waals surface area contributed by atoms with Crippen molar-refractivity contribution in [3.8, 4) is 0 Å². The van der Waals surface area contributed by atoms with Crippen molar-refractivity contribution in [2.24, 2.45) is 0 Å². The van der Waals surface area contributed by atoms with E-state index in [9.17, 15) is 0 Å². The quantitative estimate of drug-likeness (QED) is 0.907. The summed E-state index contributed by atoms with van der Waals surface area (Å²) >= 11 is 0. The molecule has 0 spiro atoms. The number of hydrogen-bond donors (Lipinski definition) is 1. The molecule has 0 saturated carbocycles. The molecule has 2 aromatic rings. The van der Waals surface area contributed by atoms with Crippen LogP contribution in [0.5, 0.6) is 0 Å². The number of likely N-dealkylation sites (N-methyl/N-ethyl adjacent to an activating group) is 1. The second-order valence-corrected chi connectivity index (χ2v) is 5.19. The molecule has 106 valence electrons. The van der Waals surface area contributed by atoms with Gasteiger partial charge in [0.15, 0.2) is 0 Å². The van der Waals surface area contributed by atoms with E-state index >= 15 is 0 Å². The fourth-order valence-corrected chi connectivity index (χ4v) is 2.95. The van der Waals surface area contributed by atoms with Crippen molar-refractivity contribution in [2.45, 2.75) is 31.9 Å². The minimum absolute atomic E-state index is 0.102. The Kier molecular flexibility index (Phi) is 4.19. The molecule has 1 N–H and O–H groups in total. The normalized spacial score (nSPS) is 19.6. The molecule has 1 aliphatic heterocycles. The SMILES string of the molecule is CCNC(Cc1ccco1)C1OCCc2ccccc21. The molecule has 0 saturated heterocycles. The van der Waals surface area contributed by atoms with Crippen LogP contribution in [0.25, 0.3) is 0 Å². The van der Waals surface area contributed by atoms with Crippen molar-refractivity contribution in [1.82, 2.24) is 5.32 Å². The Balaban J connectivity index is 1.84. The van der Waals surface area contributed by atoms with Crippen LogP contribution in [0.3, 0.4) is 0 Å². The van der Waals surface area contributed by atoms with E-state index in [1.54, 1.807) is 6.26 Å².